The number of nitrogens with one attached hydrogen (secondary N) is 1. The Labute approximate surface area is 72.8 Å². The largest absolute Gasteiger partial charge is 0.366 e. The maximum Gasteiger partial charge on any atom is 0.239 e. The zero-order valence-corrected chi connectivity index (χ0v) is 6.53. The standard InChI is InChI=1S/C7H6FN5/c8-5-1-4(2-10-3-5)6-11-7(9)13-12-6/h1-3H,(H3,9,11,12,13). The van der Waals surface area contributed by atoms with Crippen LogP contribution in [0, 0.1) is 5.82 Å². The van der Waals surface area contributed by atoms with Crippen LogP contribution in [-0.2, 0) is 0 Å². The number of hydrogen-bond acceptors (Lipinski definition) is 4. The fourth-order valence-electron chi connectivity index (χ4n) is 0.945. The normalized spacial score (nSPS) is 10.2. The van der Waals surface area contributed by atoms with Crippen molar-refractivity contribution in [2.24, 2.45) is 0 Å². The lowest BCUT2D eigenvalue weighted by molar-refractivity contribution is 0.622. The Bertz CT molecular complexity index is 424. The molecule has 0 saturated carbocycles. The van der Waals surface area contributed by atoms with Crippen LogP contribution in [0.4, 0.5) is 10.3 Å². The van der Waals surface area contributed by atoms with Crippen molar-refractivity contribution >= 4 is 5.95 Å². The molecule has 66 valence electrons. The number of hydrogen-bond donors (Lipinski definition) is 2. The van der Waals surface area contributed by atoms with Crippen LogP contribution in [0.15, 0.2) is 18.5 Å². The van der Waals surface area contributed by atoms with E-state index in [1.165, 1.54) is 12.3 Å². The zero-order valence-electron chi connectivity index (χ0n) is 6.53. The summed E-state index contributed by atoms with van der Waals surface area (Å²) in [6.45, 7) is 0. The maximum atomic E-state index is 12.7. The molecule has 0 amide bonds. The number of rotatable bonds is 1. The summed E-state index contributed by atoms with van der Waals surface area (Å²) in [6, 6.07) is 1.30. The minimum Gasteiger partial charge on any atom is -0.366 e. The van der Waals surface area contributed by atoms with Crippen LogP contribution in [0.2, 0.25) is 0 Å². The van der Waals surface area contributed by atoms with Crippen LogP contribution in [0.5, 0.6) is 0 Å². The average Bonchev–Trinajstić information content (AvgIpc) is 2.52. The number of aromatic amines is 1. The van der Waals surface area contributed by atoms with Gasteiger partial charge in [0.15, 0.2) is 5.82 Å². The second-order valence-corrected chi connectivity index (χ2v) is 2.43. The molecule has 0 fully saturated rings. The van der Waals surface area contributed by atoms with Crippen molar-refractivity contribution in [1.82, 2.24) is 20.2 Å². The molecular weight excluding hydrogens is 173 g/mol. The smallest absolute Gasteiger partial charge is 0.239 e. The summed E-state index contributed by atoms with van der Waals surface area (Å²) in [7, 11) is 0. The van der Waals surface area contributed by atoms with Gasteiger partial charge in [-0.25, -0.2) is 4.39 Å². The average molecular weight is 179 g/mol. The van der Waals surface area contributed by atoms with Gasteiger partial charge in [0.25, 0.3) is 0 Å². The van der Waals surface area contributed by atoms with E-state index in [0.29, 0.717) is 11.4 Å². The lowest BCUT2D eigenvalue weighted by Gasteiger charge is -1.93. The highest BCUT2D eigenvalue weighted by atomic mass is 19.1. The van der Waals surface area contributed by atoms with Crippen molar-refractivity contribution in [3.8, 4) is 11.4 Å². The summed E-state index contributed by atoms with van der Waals surface area (Å²) < 4.78 is 12.7. The van der Waals surface area contributed by atoms with Gasteiger partial charge in [-0.05, 0) is 6.07 Å². The lowest BCUT2D eigenvalue weighted by Crippen LogP contribution is -1.86. The molecule has 0 saturated heterocycles. The number of H-pyrrole nitrogens is 1. The molecule has 0 aliphatic carbocycles. The van der Waals surface area contributed by atoms with Crippen LogP contribution in [0.1, 0.15) is 0 Å². The molecule has 2 heterocycles. The molecule has 5 nitrogen and oxygen atoms in total. The summed E-state index contributed by atoms with van der Waals surface area (Å²) in [5.74, 6) is 0.108. The Morgan fingerprint density at radius 2 is 2.23 bits per heavy atom. The molecule has 0 aliphatic rings. The second-order valence-electron chi connectivity index (χ2n) is 2.43. The predicted octanol–water partition coefficient (Wildman–Crippen LogP) is 0.588. The first-order chi connectivity index (χ1) is 6.25. The summed E-state index contributed by atoms with van der Waals surface area (Å²) in [5, 5.41) is 6.17. The van der Waals surface area contributed by atoms with E-state index in [2.05, 4.69) is 20.2 Å². The van der Waals surface area contributed by atoms with Crippen LogP contribution >= 0.6 is 0 Å². The van der Waals surface area contributed by atoms with E-state index in [-0.39, 0.29) is 5.95 Å². The minimum absolute atomic E-state index is 0.124. The molecule has 6 heteroatoms. The Morgan fingerprint density at radius 3 is 2.85 bits per heavy atom. The Hall–Kier alpha value is -1.98. The van der Waals surface area contributed by atoms with E-state index < -0.39 is 5.82 Å². The quantitative estimate of drug-likeness (QED) is 0.671. The lowest BCUT2D eigenvalue weighted by atomic mass is 10.3. The van der Waals surface area contributed by atoms with E-state index >= 15 is 0 Å². The van der Waals surface area contributed by atoms with Crippen molar-refractivity contribution in [1.29, 1.82) is 0 Å². The summed E-state index contributed by atoms with van der Waals surface area (Å²) in [5.41, 5.74) is 5.80. The van der Waals surface area contributed by atoms with E-state index in [1.54, 1.807) is 0 Å². The fourth-order valence-corrected chi connectivity index (χ4v) is 0.945. The molecule has 2 aromatic rings. The number of halogens is 1. The molecule has 0 atom stereocenters. The second kappa shape index (κ2) is 2.81. The highest BCUT2D eigenvalue weighted by Gasteiger charge is 2.03. The predicted molar refractivity (Wildman–Crippen MR) is 44.0 cm³/mol. The molecule has 0 unspecified atom stereocenters. The van der Waals surface area contributed by atoms with Gasteiger partial charge in [0.1, 0.15) is 5.82 Å². The number of pyridine rings is 1. The van der Waals surface area contributed by atoms with Gasteiger partial charge in [0.05, 0.1) is 6.20 Å². The third-order valence-electron chi connectivity index (χ3n) is 1.48. The molecule has 3 N–H and O–H groups in total. The topological polar surface area (TPSA) is 80.5 Å². The Morgan fingerprint density at radius 1 is 1.38 bits per heavy atom. The first-order valence-corrected chi connectivity index (χ1v) is 3.54. The molecule has 0 aliphatic heterocycles. The molecule has 2 rings (SSSR count). The van der Waals surface area contributed by atoms with Gasteiger partial charge in [0.2, 0.25) is 5.95 Å². The molecular formula is C7H6FN5. The monoisotopic (exact) mass is 179 g/mol. The molecule has 0 spiro atoms. The van der Waals surface area contributed by atoms with E-state index in [0.717, 1.165) is 6.20 Å². The van der Waals surface area contributed by atoms with Crippen LogP contribution in [0.25, 0.3) is 11.4 Å². The van der Waals surface area contributed by atoms with Crippen molar-refractivity contribution < 1.29 is 4.39 Å². The number of nitrogens with two attached hydrogens (primary N) is 1. The van der Waals surface area contributed by atoms with Crippen LogP contribution < -0.4 is 5.73 Å². The molecule has 0 bridgehead atoms. The molecule has 0 radical (unpaired) electrons. The number of nitrogens with zero attached hydrogens (tertiary/aromatic N) is 3. The minimum atomic E-state index is -0.424. The molecule has 2 aromatic heterocycles. The van der Waals surface area contributed by atoms with Gasteiger partial charge < -0.3 is 5.73 Å². The van der Waals surface area contributed by atoms with Gasteiger partial charge >= 0.3 is 0 Å². The van der Waals surface area contributed by atoms with Gasteiger partial charge in [-0.1, -0.05) is 0 Å². The molecule has 0 aromatic carbocycles. The van der Waals surface area contributed by atoms with Crippen molar-refractivity contribution in [2.45, 2.75) is 0 Å². The number of nitrogen functional groups attached to an aromatic ring is 1. The van der Waals surface area contributed by atoms with Gasteiger partial charge in [-0.2, -0.15) is 4.98 Å². The third-order valence-corrected chi connectivity index (χ3v) is 1.48. The SMILES string of the molecule is Nc1n[nH]c(-c2cncc(F)c2)n1. The zero-order chi connectivity index (χ0) is 9.26. The highest BCUT2D eigenvalue weighted by molar-refractivity contribution is 5.53. The Balaban J connectivity index is 2.46. The van der Waals surface area contributed by atoms with E-state index in [4.69, 9.17) is 5.73 Å². The van der Waals surface area contributed by atoms with Crippen molar-refractivity contribution in [2.75, 3.05) is 5.73 Å². The first kappa shape index (κ1) is 7.66. The maximum absolute atomic E-state index is 12.7. The van der Waals surface area contributed by atoms with E-state index in [1.807, 2.05) is 0 Å². The van der Waals surface area contributed by atoms with Crippen LogP contribution in [0.3, 0.4) is 0 Å². The highest BCUT2D eigenvalue weighted by Crippen LogP contribution is 2.13. The number of anilines is 1. The van der Waals surface area contributed by atoms with E-state index in [9.17, 15) is 4.39 Å². The summed E-state index contributed by atoms with van der Waals surface area (Å²) in [6.07, 6.45) is 2.59. The third kappa shape index (κ3) is 1.46. The van der Waals surface area contributed by atoms with Crippen LogP contribution in [-0.4, -0.2) is 20.2 Å². The van der Waals surface area contributed by atoms with Crippen molar-refractivity contribution in [3.63, 3.8) is 0 Å². The molecule has 13 heavy (non-hydrogen) atoms. The van der Waals surface area contributed by atoms with Crippen molar-refractivity contribution in [3.05, 3.63) is 24.3 Å². The Kier molecular flexibility index (Phi) is 1.66. The number of aromatic nitrogens is 4. The fraction of sp³-hybridized carbons (Fsp3) is 0. The first-order valence-electron chi connectivity index (χ1n) is 3.54. The van der Waals surface area contributed by atoms with Gasteiger partial charge in [0, 0.05) is 11.8 Å². The van der Waals surface area contributed by atoms with Gasteiger partial charge in [-0.15, -0.1) is 5.10 Å². The summed E-state index contributed by atoms with van der Waals surface area (Å²) >= 11 is 0. The van der Waals surface area contributed by atoms with Gasteiger partial charge in [-0.3, -0.25) is 10.1 Å². The summed E-state index contributed by atoms with van der Waals surface area (Å²) in [4.78, 5) is 7.49.